The molecule has 1 aliphatic carbocycles. The van der Waals surface area contributed by atoms with Crippen LogP contribution in [-0.4, -0.2) is 50.1 Å². The summed E-state index contributed by atoms with van der Waals surface area (Å²) in [5, 5.41) is 3.47. The summed E-state index contributed by atoms with van der Waals surface area (Å²) in [4.78, 5) is 18.5. The molecule has 1 N–H and O–H groups in total. The first-order valence-corrected chi connectivity index (χ1v) is 8.10. The van der Waals surface area contributed by atoms with Gasteiger partial charge in [-0.1, -0.05) is 13.8 Å². The maximum absolute atomic E-state index is 11.9. The highest BCUT2D eigenvalue weighted by Gasteiger charge is 2.45. The molecule has 1 aliphatic heterocycles. The van der Waals surface area contributed by atoms with Crippen molar-refractivity contribution in [1.29, 1.82) is 0 Å². The molecule has 1 saturated carbocycles. The molecule has 5 nitrogen and oxygen atoms in total. The molecule has 0 amide bonds. The molecule has 128 valence electrons. The molecule has 2 rings (SSSR count). The van der Waals surface area contributed by atoms with Gasteiger partial charge in [0.2, 0.25) is 0 Å². The van der Waals surface area contributed by atoms with Crippen LogP contribution in [0, 0.1) is 17.3 Å². The molecule has 0 bridgehead atoms. The molecule has 0 spiro atoms. The molecule has 2 atom stereocenters. The zero-order valence-electron chi connectivity index (χ0n) is 14.2. The summed E-state index contributed by atoms with van der Waals surface area (Å²) in [5.74, 6) is 1.57. The highest BCUT2D eigenvalue weighted by molar-refractivity contribution is 14.0. The quantitative estimate of drug-likeness (QED) is 0.327. The standard InChI is InChI=1S/C16H29N3O2.HI/c1-5-21-14(20)12-7-6-8-19(11-12)15(17-4)18-10-13-9-16(13,2)3;/h12-13H,5-11H2,1-4H3,(H,17,18);1H/t12-,13?;/m1./s1. The maximum atomic E-state index is 11.9. The Labute approximate surface area is 151 Å². The van der Waals surface area contributed by atoms with Crippen LogP contribution in [0.4, 0.5) is 0 Å². The fourth-order valence-corrected chi connectivity index (χ4v) is 3.09. The van der Waals surface area contributed by atoms with Gasteiger partial charge in [0.25, 0.3) is 0 Å². The summed E-state index contributed by atoms with van der Waals surface area (Å²) in [7, 11) is 1.81. The van der Waals surface area contributed by atoms with E-state index in [0.717, 1.165) is 37.8 Å². The van der Waals surface area contributed by atoms with Crippen molar-refractivity contribution >= 4 is 35.9 Å². The number of ether oxygens (including phenoxy) is 1. The molecule has 0 radical (unpaired) electrons. The molecular weight excluding hydrogens is 393 g/mol. The molecule has 22 heavy (non-hydrogen) atoms. The van der Waals surface area contributed by atoms with E-state index in [0.29, 0.717) is 18.6 Å². The average Bonchev–Trinajstić information content (AvgIpc) is 3.07. The molecule has 2 aliphatic rings. The second kappa shape index (κ2) is 8.36. The van der Waals surface area contributed by atoms with E-state index in [1.807, 2.05) is 14.0 Å². The van der Waals surface area contributed by atoms with Gasteiger partial charge in [0.05, 0.1) is 12.5 Å². The number of esters is 1. The number of hydrogen-bond acceptors (Lipinski definition) is 3. The number of likely N-dealkylation sites (tertiary alicyclic amines) is 1. The Bertz CT molecular complexity index is 412. The molecule has 1 unspecified atom stereocenters. The van der Waals surface area contributed by atoms with E-state index < -0.39 is 0 Å². The number of nitrogens with zero attached hydrogens (tertiary/aromatic N) is 2. The van der Waals surface area contributed by atoms with Gasteiger partial charge in [-0.15, -0.1) is 24.0 Å². The molecule has 2 fully saturated rings. The van der Waals surface area contributed by atoms with Gasteiger partial charge in [0, 0.05) is 26.7 Å². The van der Waals surface area contributed by atoms with Gasteiger partial charge in [-0.2, -0.15) is 0 Å². The molecule has 1 heterocycles. The Morgan fingerprint density at radius 2 is 2.14 bits per heavy atom. The van der Waals surface area contributed by atoms with E-state index in [1.165, 1.54) is 6.42 Å². The first-order valence-electron chi connectivity index (χ1n) is 8.10. The van der Waals surface area contributed by atoms with Crippen LogP contribution < -0.4 is 5.32 Å². The van der Waals surface area contributed by atoms with Crippen LogP contribution in [0.5, 0.6) is 0 Å². The van der Waals surface area contributed by atoms with E-state index in [2.05, 4.69) is 29.1 Å². The first-order chi connectivity index (χ1) is 9.97. The summed E-state index contributed by atoms with van der Waals surface area (Å²) in [5.41, 5.74) is 0.473. The van der Waals surface area contributed by atoms with Crippen LogP contribution in [0.25, 0.3) is 0 Å². The zero-order chi connectivity index (χ0) is 15.5. The largest absolute Gasteiger partial charge is 0.466 e. The summed E-state index contributed by atoms with van der Waals surface area (Å²) < 4.78 is 5.15. The minimum atomic E-state index is -0.0685. The molecule has 0 aromatic rings. The van der Waals surface area contributed by atoms with E-state index in [1.54, 1.807) is 0 Å². The number of piperidine rings is 1. The predicted octanol–water partition coefficient (Wildman–Crippen LogP) is 2.50. The third-order valence-electron chi connectivity index (χ3n) is 4.78. The minimum Gasteiger partial charge on any atom is -0.466 e. The molecule has 0 aromatic heterocycles. The average molecular weight is 423 g/mol. The lowest BCUT2D eigenvalue weighted by molar-refractivity contribution is -0.149. The normalized spacial score (nSPS) is 26.9. The SMILES string of the molecule is CCOC(=O)[C@@H]1CCCN(C(=NC)NCC2CC2(C)C)C1.I. The number of hydrogen-bond donors (Lipinski definition) is 1. The Hall–Kier alpha value is -0.530. The molecule has 6 heteroatoms. The van der Waals surface area contributed by atoms with Gasteiger partial charge in [0.1, 0.15) is 0 Å². The Kier molecular flexibility index (Phi) is 7.41. The highest BCUT2D eigenvalue weighted by Crippen LogP contribution is 2.50. The van der Waals surface area contributed by atoms with Crippen LogP contribution in [0.2, 0.25) is 0 Å². The van der Waals surface area contributed by atoms with Gasteiger partial charge < -0.3 is 15.0 Å². The number of carbonyl (C=O) groups excluding carboxylic acids is 1. The summed E-state index contributed by atoms with van der Waals surface area (Å²) in [6.45, 7) is 9.57. The second-order valence-corrected chi connectivity index (χ2v) is 6.85. The van der Waals surface area contributed by atoms with E-state index in [9.17, 15) is 4.79 Å². The number of guanidine groups is 1. The Morgan fingerprint density at radius 3 is 2.68 bits per heavy atom. The summed E-state index contributed by atoms with van der Waals surface area (Å²) in [6, 6.07) is 0. The van der Waals surface area contributed by atoms with Crippen molar-refractivity contribution in [3.8, 4) is 0 Å². The van der Waals surface area contributed by atoms with Crippen LogP contribution >= 0.6 is 24.0 Å². The zero-order valence-corrected chi connectivity index (χ0v) is 16.6. The lowest BCUT2D eigenvalue weighted by Gasteiger charge is -2.34. The lowest BCUT2D eigenvalue weighted by atomic mass is 9.98. The van der Waals surface area contributed by atoms with Gasteiger partial charge in [-0.25, -0.2) is 0 Å². The number of carbonyl (C=O) groups is 1. The highest BCUT2D eigenvalue weighted by atomic mass is 127. The topological polar surface area (TPSA) is 53.9 Å². The van der Waals surface area contributed by atoms with Gasteiger partial charge in [-0.3, -0.25) is 9.79 Å². The fraction of sp³-hybridized carbons (Fsp3) is 0.875. The summed E-state index contributed by atoms with van der Waals surface area (Å²) >= 11 is 0. The monoisotopic (exact) mass is 423 g/mol. The van der Waals surface area contributed by atoms with Crippen LogP contribution in [-0.2, 0) is 9.53 Å². The van der Waals surface area contributed by atoms with Crippen molar-refractivity contribution in [2.24, 2.45) is 22.2 Å². The van der Waals surface area contributed by atoms with Crippen molar-refractivity contribution in [3.05, 3.63) is 0 Å². The molecular formula is C16H30IN3O2. The van der Waals surface area contributed by atoms with Crippen molar-refractivity contribution in [2.45, 2.75) is 40.0 Å². The Morgan fingerprint density at radius 1 is 1.45 bits per heavy atom. The van der Waals surface area contributed by atoms with E-state index in [-0.39, 0.29) is 35.9 Å². The molecule has 1 saturated heterocycles. The number of aliphatic imine (C=N–C) groups is 1. The lowest BCUT2D eigenvalue weighted by Crippen LogP contribution is -2.48. The van der Waals surface area contributed by atoms with E-state index in [4.69, 9.17) is 4.74 Å². The predicted molar refractivity (Wildman–Crippen MR) is 99.6 cm³/mol. The minimum absolute atomic E-state index is 0. The maximum Gasteiger partial charge on any atom is 0.310 e. The van der Waals surface area contributed by atoms with Crippen LogP contribution in [0.1, 0.15) is 40.0 Å². The Balaban J connectivity index is 0.00000242. The van der Waals surface area contributed by atoms with Gasteiger partial charge in [-0.05, 0) is 37.5 Å². The van der Waals surface area contributed by atoms with Crippen LogP contribution in [0.3, 0.4) is 0 Å². The first kappa shape index (κ1) is 19.5. The van der Waals surface area contributed by atoms with Crippen molar-refractivity contribution in [3.63, 3.8) is 0 Å². The van der Waals surface area contributed by atoms with E-state index >= 15 is 0 Å². The van der Waals surface area contributed by atoms with Crippen molar-refractivity contribution in [2.75, 3.05) is 33.3 Å². The number of nitrogens with one attached hydrogen (secondary N) is 1. The number of rotatable bonds is 4. The van der Waals surface area contributed by atoms with Gasteiger partial charge >= 0.3 is 5.97 Å². The third kappa shape index (κ3) is 4.99. The van der Waals surface area contributed by atoms with Gasteiger partial charge in [0.15, 0.2) is 5.96 Å². The summed E-state index contributed by atoms with van der Waals surface area (Å²) in [6.07, 6.45) is 3.21. The fourth-order valence-electron chi connectivity index (χ4n) is 3.09. The second-order valence-electron chi connectivity index (χ2n) is 6.85. The molecule has 0 aromatic carbocycles. The van der Waals surface area contributed by atoms with Crippen LogP contribution in [0.15, 0.2) is 4.99 Å². The number of halogens is 1. The van der Waals surface area contributed by atoms with Crippen molar-refractivity contribution in [1.82, 2.24) is 10.2 Å². The van der Waals surface area contributed by atoms with Crippen molar-refractivity contribution < 1.29 is 9.53 Å². The third-order valence-corrected chi connectivity index (χ3v) is 4.78. The smallest absolute Gasteiger partial charge is 0.310 e.